The Hall–Kier alpha value is -1.65. The van der Waals surface area contributed by atoms with E-state index in [2.05, 4.69) is 4.98 Å². The standard InChI is InChI=1S/C15H21FN2O2/c1-15(2,3)20-14(19)18-6-4-11(5-7-18)12-8-13(16)10-17-9-12/h8-11H,4-7H2,1-3H3. The summed E-state index contributed by atoms with van der Waals surface area (Å²) in [4.78, 5) is 17.5. The fraction of sp³-hybridized carbons (Fsp3) is 0.600. The minimum Gasteiger partial charge on any atom is -0.444 e. The highest BCUT2D eigenvalue weighted by Crippen LogP contribution is 2.28. The van der Waals surface area contributed by atoms with E-state index in [1.807, 2.05) is 20.8 Å². The Balaban J connectivity index is 1.91. The van der Waals surface area contributed by atoms with Crippen LogP contribution in [0.15, 0.2) is 18.5 Å². The van der Waals surface area contributed by atoms with Crippen LogP contribution in [0.25, 0.3) is 0 Å². The summed E-state index contributed by atoms with van der Waals surface area (Å²) in [5.74, 6) is -0.0473. The van der Waals surface area contributed by atoms with Gasteiger partial charge in [-0.3, -0.25) is 4.98 Å². The molecule has 0 aliphatic carbocycles. The van der Waals surface area contributed by atoms with Crippen molar-refractivity contribution in [2.45, 2.75) is 45.1 Å². The van der Waals surface area contributed by atoms with Crippen molar-refractivity contribution in [1.29, 1.82) is 0 Å². The smallest absolute Gasteiger partial charge is 0.410 e. The van der Waals surface area contributed by atoms with E-state index in [0.29, 0.717) is 13.1 Å². The van der Waals surface area contributed by atoms with Gasteiger partial charge in [0.15, 0.2) is 0 Å². The second-order valence-electron chi connectivity index (χ2n) is 6.18. The highest BCUT2D eigenvalue weighted by Gasteiger charge is 2.27. The van der Waals surface area contributed by atoms with Crippen LogP contribution in [0, 0.1) is 5.82 Å². The highest BCUT2D eigenvalue weighted by molar-refractivity contribution is 5.68. The van der Waals surface area contributed by atoms with Gasteiger partial charge in [-0.15, -0.1) is 0 Å². The molecule has 2 heterocycles. The van der Waals surface area contributed by atoms with Crippen LogP contribution in [0.3, 0.4) is 0 Å². The second-order valence-corrected chi connectivity index (χ2v) is 6.18. The number of pyridine rings is 1. The summed E-state index contributed by atoms with van der Waals surface area (Å²) < 4.78 is 18.5. The van der Waals surface area contributed by atoms with Crippen molar-refractivity contribution in [1.82, 2.24) is 9.88 Å². The van der Waals surface area contributed by atoms with Gasteiger partial charge in [-0.05, 0) is 51.2 Å². The zero-order chi connectivity index (χ0) is 14.8. The molecule has 1 aliphatic heterocycles. The molecule has 1 amide bonds. The number of hydrogen-bond donors (Lipinski definition) is 0. The Bertz CT molecular complexity index is 477. The Morgan fingerprint density at radius 2 is 2.00 bits per heavy atom. The lowest BCUT2D eigenvalue weighted by Crippen LogP contribution is -2.41. The van der Waals surface area contributed by atoms with Gasteiger partial charge in [0, 0.05) is 19.3 Å². The van der Waals surface area contributed by atoms with Gasteiger partial charge in [-0.25, -0.2) is 9.18 Å². The molecule has 0 spiro atoms. The summed E-state index contributed by atoms with van der Waals surface area (Å²) in [5.41, 5.74) is 0.439. The molecule has 1 saturated heterocycles. The Morgan fingerprint density at radius 3 is 2.55 bits per heavy atom. The van der Waals surface area contributed by atoms with Crippen molar-refractivity contribution in [3.63, 3.8) is 0 Å². The van der Waals surface area contributed by atoms with E-state index in [1.165, 1.54) is 12.3 Å². The van der Waals surface area contributed by atoms with Gasteiger partial charge in [-0.2, -0.15) is 0 Å². The maximum Gasteiger partial charge on any atom is 0.410 e. The predicted molar refractivity (Wildman–Crippen MR) is 74.0 cm³/mol. The lowest BCUT2D eigenvalue weighted by Gasteiger charge is -2.33. The van der Waals surface area contributed by atoms with E-state index < -0.39 is 5.60 Å². The number of nitrogens with zero attached hydrogens (tertiary/aromatic N) is 2. The van der Waals surface area contributed by atoms with Crippen LogP contribution < -0.4 is 0 Å². The predicted octanol–water partition coefficient (Wildman–Crippen LogP) is 3.34. The zero-order valence-electron chi connectivity index (χ0n) is 12.2. The van der Waals surface area contributed by atoms with Crippen LogP contribution >= 0.6 is 0 Å². The van der Waals surface area contributed by atoms with Crippen LogP contribution in [0.5, 0.6) is 0 Å². The molecule has 2 rings (SSSR count). The van der Waals surface area contributed by atoms with Crippen molar-refractivity contribution in [3.05, 3.63) is 29.8 Å². The SMILES string of the molecule is CC(C)(C)OC(=O)N1CCC(c2cncc(F)c2)CC1. The molecule has 0 atom stereocenters. The average Bonchev–Trinajstić information content (AvgIpc) is 2.37. The van der Waals surface area contributed by atoms with Gasteiger partial charge >= 0.3 is 6.09 Å². The Morgan fingerprint density at radius 1 is 1.35 bits per heavy atom. The molecule has 20 heavy (non-hydrogen) atoms. The van der Waals surface area contributed by atoms with Gasteiger partial charge in [0.05, 0.1) is 6.20 Å². The molecule has 0 aromatic carbocycles. The lowest BCUT2D eigenvalue weighted by atomic mass is 9.90. The van der Waals surface area contributed by atoms with E-state index in [9.17, 15) is 9.18 Å². The van der Waals surface area contributed by atoms with Gasteiger partial charge in [-0.1, -0.05) is 0 Å². The number of rotatable bonds is 1. The average molecular weight is 280 g/mol. The number of aromatic nitrogens is 1. The first-order valence-electron chi connectivity index (χ1n) is 6.93. The van der Waals surface area contributed by atoms with Gasteiger partial charge in [0.1, 0.15) is 11.4 Å². The quantitative estimate of drug-likeness (QED) is 0.792. The largest absolute Gasteiger partial charge is 0.444 e. The van der Waals surface area contributed by atoms with Crippen LogP contribution in [0.1, 0.15) is 45.1 Å². The molecule has 0 saturated carbocycles. The summed E-state index contributed by atoms with van der Waals surface area (Å²) in [5, 5.41) is 0. The summed E-state index contributed by atoms with van der Waals surface area (Å²) >= 11 is 0. The van der Waals surface area contributed by atoms with Crippen molar-refractivity contribution in [2.24, 2.45) is 0 Å². The summed E-state index contributed by atoms with van der Waals surface area (Å²) in [6.07, 6.45) is 4.26. The van der Waals surface area contributed by atoms with E-state index in [1.54, 1.807) is 11.1 Å². The van der Waals surface area contributed by atoms with Gasteiger partial charge < -0.3 is 9.64 Å². The lowest BCUT2D eigenvalue weighted by molar-refractivity contribution is 0.0204. The monoisotopic (exact) mass is 280 g/mol. The fourth-order valence-corrected chi connectivity index (χ4v) is 2.37. The number of amides is 1. The molecule has 0 N–H and O–H groups in total. The molecule has 0 unspecified atom stereocenters. The number of halogens is 1. The van der Waals surface area contributed by atoms with Crippen LogP contribution in [0.2, 0.25) is 0 Å². The fourth-order valence-electron chi connectivity index (χ4n) is 2.37. The molecular formula is C15H21FN2O2. The molecule has 1 aromatic rings. The summed E-state index contributed by atoms with van der Waals surface area (Å²) in [7, 11) is 0. The first-order valence-corrected chi connectivity index (χ1v) is 6.93. The van der Waals surface area contributed by atoms with Crippen molar-refractivity contribution >= 4 is 6.09 Å². The first kappa shape index (κ1) is 14.8. The number of piperidine rings is 1. The minimum absolute atomic E-state index is 0.261. The molecule has 0 bridgehead atoms. The number of likely N-dealkylation sites (tertiary alicyclic amines) is 1. The van der Waals surface area contributed by atoms with Crippen LogP contribution in [-0.4, -0.2) is 34.7 Å². The molecular weight excluding hydrogens is 259 g/mol. The molecule has 5 heteroatoms. The van der Waals surface area contributed by atoms with E-state index in [0.717, 1.165) is 18.4 Å². The van der Waals surface area contributed by atoms with Crippen molar-refractivity contribution in [2.75, 3.05) is 13.1 Å². The molecule has 0 radical (unpaired) electrons. The molecule has 110 valence electrons. The van der Waals surface area contributed by atoms with E-state index in [-0.39, 0.29) is 17.8 Å². The third kappa shape index (κ3) is 3.92. The van der Waals surface area contributed by atoms with Crippen LogP contribution in [0.4, 0.5) is 9.18 Å². The minimum atomic E-state index is -0.472. The summed E-state index contributed by atoms with van der Waals surface area (Å²) in [6.45, 7) is 6.84. The third-order valence-electron chi connectivity index (χ3n) is 3.34. The normalized spacial score (nSPS) is 17.1. The van der Waals surface area contributed by atoms with E-state index in [4.69, 9.17) is 4.74 Å². The van der Waals surface area contributed by atoms with Gasteiger partial charge in [0.2, 0.25) is 0 Å². The molecule has 4 nitrogen and oxygen atoms in total. The number of hydrogen-bond acceptors (Lipinski definition) is 3. The van der Waals surface area contributed by atoms with Gasteiger partial charge in [0.25, 0.3) is 0 Å². The third-order valence-corrected chi connectivity index (χ3v) is 3.34. The van der Waals surface area contributed by atoms with Crippen molar-refractivity contribution < 1.29 is 13.9 Å². The Labute approximate surface area is 118 Å². The maximum absolute atomic E-state index is 13.2. The zero-order valence-corrected chi connectivity index (χ0v) is 12.2. The maximum atomic E-state index is 13.2. The molecule has 1 aliphatic rings. The Kier molecular flexibility index (Phi) is 4.26. The number of ether oxygens (including phenoxy) is 1. The highest BCUT2D eigenvalue weighted by atomic mass is 19.1. The van der Waals surface area contributed by atoms with Crippen molar-refractivity contribution in [3.8, 4) is 0 Å². The van der Waals surface area contributed by atoms with Crippen LogP contribution in [-0.2, 0) is 4.74 Å². The molecule has 1 aromatic heterocycles. The van der Waals surface area contributed by atoms with E-state index >= 15 is 0 Å². The molecule has 1 fully saturated rings. The first-order chi connectivity index (χ1) is 9.35. The second kappa shape index (κ2) is 5.77. The summed E-state index contributed by atoms with van der Waals surface area (Å²) in [6, 6.07) is 1.53. The topological polar surface area (TPSA) is 42.4 Å². The number of carbonyl (C=O) groups is 1. The number of carbonyl (C=O) groups excluding carboxylic acids is 1.